The second-order valence-corrected chi connectivity index (χ2v) is 8.51. The molecule has 0 spiro atoms. The van der Waals surface area contributed by atoms with Gasteiger partial charge in [0.25, 0.3) is 10.0 Å². The highest BCUT2D eigenvalue weighted by atomic mass is 32.2. The number of sulfonamides is 1. The Morgan fingerprint density at radius 1 is 0.767 bits per heavy atom. The summed E-state index contributed by atoms with van der Waals surface area (Å²) in [6.45, 7) is 1.90. The van der Waals surface area contributed by atoms with Gasteiger partial charge in [0.05, 0.1) is 16.1 Å². The number of carbonyl (C=O) groups excluding carboxylic acids is 1. The van der Waals surface area contributed by atoms with Gasteiger partial charge in [0.1, 0.15) is 5.75 Å². The Hall–Kier alpha value is -3.64. The maximum Gasteiger partial charge on any atom is 0.343 e. The molecule has 0 saturated heterocycles. The van der Waals surface area contributed by atoms with Gasteiger partial charge in [-0.1, -0.05) is 60.2 Å². The average molecular weight is 417 g/mol. The number of hydrogen-bond acceptors (Lipinski definition) is 4. The van der Waals surface area contributed by atoms with Crippen LogP contribution in [0, 0.1) is 6.92 Å². The van der Waals surface area contributed by atoms with Gasteiger partial charge in [0.15, 0.2) is 0 Å². The number of fused-ring (bicyclic) bond motifs is 1. The minimum atomic E-state index is -3.76. The minimum absolute atomic E-state index is 0.178. The van der Waals surface area contributed by atoms with Gasteiger partial charge in [-0.15, -0.1) is 0 Å². The molecule has 0 bridgehead atoms. The molecular formula is C24H19NO4S. The van der Waals surface area contributed by atoms with E-state index in [1.807, 2.05) is 13.0 Å². The lowest BCUT2D eigenvalue weighted by Gasteiger charge is -2.14. The molecule has 0 aliphatic carbocycles. The number of esters is 1. The van der Waals surface area contributed by atoms with E-state index < -0.39 is 16.0 Å². The van der Waals surface area contributed by atoms with Crippen molar-refractivity contribution in [3.8, 4) is 5.75 Å². The molecule has 5 nitrogen and oxygen atoms in total. The number of hydrogen-bond donors (Lipinski definition) is 1. The summed E-state index contributed by atoms with van der Waals surface area (Å²) < 4.78 is 33.8. The van der Waals surface area contributed by atoms with Crippen molar-refractivity contribution in [2.24, 2.45) is 0 Å². The van der Waals surface area contributed by atoms with Crippen LogP contribution in [0.2, 0.25) is 0 Å². The first-order valence-corrected chi connectivity index (χ1v) is 10.8. The molecule has 0 radical (unpaired) electrons. The van der Waals surface area contributed by atoms with Crippen LogP contribution in [0.25, 0.3) is 10.8 Å². The van der Waals surface area contributed by atoms with Gasteiger partial charge in [-0.3, -0.25) is 4.72 Å². The van der Waals surface area contributed by atoms with E-state index in [-0.39, 0.29) is 4.90 Å². The van der Waals surface area contributed by atoms with Crippen LogP contribution in [0.1, 0.15) is 15.9 Å². The fourth-order valence-electron chi connectivity index (χ4n) is 3.10. The lowest BCUT2D eigenvalue weighted by Crippen LogP contribution is -2.13. The van der Waals surface area contributed by atoms with Crippen molar-refractivity contribution in [3.05, 3.63) is 102 Å². The molecule has 0 atom stereocenters. The van der Waals surface area contributed by atoms with Crippen LogP contribution in [0.3, 0.4) is 0 Å². The molecular weight excluding hydrogens is 398 g/mol. The van der Waals surface area contributed by atoms with Gasteiger partial charge in [-0.05, 0) is 43.3 Å². The highest BCUT2D eigenvalue weighted by molar-refractivity contribution is 7.92. The first kappa shape index (κ1) is 19.7. The minimum Gasteiger partial charge on any atom is -0.422 e. The fraction of sp³-hybridized carbons (Fsp3) is 0.0417. The average Bonchev–Trinajstić information content (AvgIpc) is 2.76. The Morgan fingerprint density at radius 2 is 1.40 bits per heavy atom. The quantitative estimate of drug-likeness (QED) is 0.359. The molecule has 0 aliphatic heterocycles. The molecule has 4 aromatic rings. The summed E-state index contributed by atoms with van der Waals surface area (Å²) in [5.74, 6) is -0.119. The molecule has 6 heteroatoms. The van der Waals surface area contributed by atoms with E-state index in [0.29, 0.717) is 27.8 Å². The van der Waals surface area contributed by atoms with E-state index >= 15 is 0 Å². The summed E-state index contributed by atoms with van der Waals surface area (Å²) >= 11 is 0. The molecule has 0 fully saturated rings. The van der Waals surface area contributed by atoms with Gasteiger partial charge in [-0.25, -0.2) is 13.2 Å². The zero-order chi connectivity index (χ0) is 21.1. The summed E-state index contributed by atoms with van der Waals surface area (Å²) in [6.07, 6.45) is 0. The number of anilines is 1. The van der Waals surface area contributed by atoms with Crippen LogP contribution in [0.4, 0.5) is 5.69 Å². The van der Waals surface area contributed by atoms with E-state index in [9.17, 15) is 13.2 Å². The van der Waals surface area contributed by atoms with Crippen LogP contribution in [0.5, 0.6) is 5.75 Å². The molecule has 0 aliphatic rings. The summed E-state index contributed by atoms with van der Waals surface area (Å²) in [5.41, 5.74) is 1.82. The third kappa shape index (κ3) is 4.04. The number of carbonyl (C=O) groups is 1. The Labute approximate surface area is 175 Å². The van der Waals surface area contributed by atoms with Crippen LogP contribution < -0.4 is 9.46 Å². The predicted molar refractivity (Wildman–Crippen MR) is 117 cm³/mol. The highest BCUT2D eigenvalue weighted by Gasteiger charge is 2.17. The highest BCUT2D eigenvalue weighted by Crippen LogP contribution is 2.33. The van der Waals surface area contributed by atoms with Crippen molar-refractivity contribution in [1.82, 2.24) is 0 Å². The molecule has 0 amide bonds. The van der Waals surface area contributed by atoms with Gasteiger partial charge in [0, 0.05) is 10.8 Å². The molecule has 0 aromatic heterocycles. The number of aryl methyl sites for hydroxylation is 1. The van der Waals surface area contributed by atoms with Crippen LogP contribution in [-0.4, -0.2) is 14.4 Å². The standard InChI is InChI=1S/C24H19NO4S/c1-17-11-13-19(14-12-17)30(27,28)25-22-15-16-23(21-10-6-5-9-20(21)22)29-24(26)18-7-3-2-4-8-18/h2-16,25H,1H3. The Bertz CT molecular complexity index is 1310. The first-order valence-electron chi connectivity index (χ1n) is 9.32. The van der Waals surface area contributed by atoms with Crippen molar-refractivity contribution in [3.63, 3.8) is 0 Å². The van der Waals surface area contributed by atoms with E-state index in [1.165, 1.54) is 0 Å². The third-order valence-electron chi connectivity index (χ3n) is 4.67. The SMILES string of the molecule is Cc1ccc(S(=O)(=O)Nc2ccc(OC(=O)c3ccccc3)c3ccccc23)cc1. The number of rotatable bonds is 5. The second-order valence-electron chi connectivity index (χ2n) is 6.83. The molecule has 4 aromatic carbocycles. The number of nitrogens with one attached hydrogen (secondary N) is 1. The van der Waals surface area contributed by atoms with Gasteiger partial charge >= 0.3 is 5.97 Å². The van der Waals surface area contributed by atoms with Crippen molar-refractivity contribution < 1.29 is 17.9 Å². The number of ether oxygens (including phenoxy) is 1. The molecule has 1 N–H and O–H groups in total. The Kier molecular flexibility index (Phi) is 5.25. The van der Waals surface area contributed by atoms with E-state index in [4.69, 9.17) is 4.74 Å². The molecule has 4 rings (SSSR count). The molecule has 0 heterocycles. The Morgan fingerprint density at radius 3 is 2.10 bits per heavy atom. The maximum absolute atomic E-state index is 12.8. The van der Waals surface area contributed by atoms with Crippen molar-refractivity contribution in [2.75, 3.05) is 4.72 Å². The predicted octanol–water partition coefficient (Wildman–Crippen LogP) is 5.17. The summed E-state index contributed by atoms with van der Waals surface area (Å²) in [7, 11) is -3.76. The van der Waals surface area contributed by atoms with Crippen molar-refractivity contribution in [1.29, 1.82) is 0 Å². The molecule has 0 unspecified atom stereocenters. The lowest BCUT2D eigenvalue weighted by atomic mass is 10.1. The number of benzene rings is 4. The fourth-order valence-corrected chi connectivity index (χ4v) is 4.18. The van der Waals surface area contributed by atoms with Crippen molar-refractivity contribution in [2.45, 2.75) is 11.8 Å². The van der Waals surface area contributed by atoms with Gasteiger partial charge in [0.2, 0.25) is 0 Å². The normalized spacial score (nSPS) is 11.2. The summed E-state index contributed by atoms with van der Waals surface area (Å²) in [6, 6.07) is 25.7. The van der Waals surface area contributed by atoms with Gasteiger partial charge < -0.3 is 4.74 Å². The third-order valence-corrected chi connectivity index (χ3v) is 6.05. The van der Waals surface area contributed by atoms with Crippen LogP contribution in [-0.2, 0) is 10.0 Å². The van der Waals surface area contributed by atoms with Crippen LogP contribution in [0.15, 0.2) is 95.9 Å². The monoisotopic (exact) mass is 417 g/mol. The van der Waals surface area contributed by atoms with Crippen molar-refractivity contribution >= 4 is 32.5 Å². The second kappa shape index (κ2) is 8.00. The van der Waals surface area contributed by atoms with Crippen LogP contribution >= 0.6 is 0 Å². The summed E-state index contributed by atoms with van der Waals surface area (Å²) in [4.78, 5) is 12.6. The van der Waals surface area contributed by atoms with Gasteiger partial charge in [-0.2, -0.15) is 0 Å². The molecule has 0 saturated carbocycles. The molecule has 150 valence electrons. The lowest BCUT2D eigenvalue weighted by molar-refractivity contribution is 0.0737. The molecule has 30 heavy (non-hydrogen) atoms. The smallest absolute Gasteiger partial charge is 0.343 e. The van der Waals surface area contributed by atoms with E-state index in [1.54, 1.807) is 84.9 Å². The zero-order valence-electron chi connectivity index (χ0n) is 16.2. The maximum atomic E-state index is 12.8. The largest absolute Gasteiger partial charge is 0.422 e. The first-order chi connectivity index (χ1) is 14.4. The zero-order valence-corrected chi connectivity index (χ0v) is 17.0. The summed E-state index contributed by atoms with van der Waals surface area (Å²) in [5, 5.41) is 1.26. The van der Waals surface area contributed by atoms with E-state index in [2.05, 4.69) is 4.72 Å². The topological polar surface area (TPSA) is 72.5 Å². The Balaban J connectivity index is 1.69. The van der Waals surface area contributed by atoms with E-state index in [0.717, 1.165) is 5.56 Å².